The number of fused-ring (bicyclic) bond motifs is 1. The third-order valence-corrected chi connectivity index (χ3v) is 4.27. The van der Waals surface area contributed by atoms with Gasteiger partial charge in [0.2, 0.25) is 5.91 Å². The number of rotatable bonds is 6. The van der Waals surface area contributed by atoms with Gasteiger partial charge in [-0.15, -0.1) is 0 Å². The predicted octanol–water partition coefficient (Wildman–Crippen LogP) is 1.64. The van der Waals surface area contributed by atoms with Crippen LogP contribution in [0.2, 0.25) is 0 Å². The van der Waals surface area contributed by atoms with E-state index < -0.39 is 59.1 Å². The van der Waals surface area contributed by atoms with Gasteiger partial charge in [-0.1, -0.05) is 18.2 Å². The quantitative estimate of drug-likeness (QED) is 0.388. The fraction of sp³-hybridized carbons (Fsp3) is 0.150. The number of benzene rings is 2. The molecule has 0 saturated heterocycles. The molecule has 0 aliphatic heterocycles. The first-order valence-electron chi connectivity index (χ1n) is 9.08. The zero-order valence-corrected chi connectivity index (χ0v) is 16.4. The van der Waals surface area contributed by atoms with Crippen LogP contribution in [-0.4, -0.2) is 40.6 Å². The molecule has 166 valence electrons. The molecule has 2 amide bonds. The van der Waals surface area contributed by atoms with Crippen molar-refractivity contribution in [1.29, 1.82) is 0 Å². The zero-order valence-electron chi connectivity index (χ0n) is 16.4. The van der Waals surface area contributed by atoms with Gasteiger partial charge in [-0.3, -0.25) is 14.4 Å². The first-order chi connectivity index (χ1) is 15.2. The molecule has 0 bridgehead atoms. The topological polar surface area (TPSA) is 130 Å². The van der Waals surface area contributed by atoms with E-state index in [-0.39, 0.29) is 16.5 Å². The van der Waals surface area contributed by atoms with Gasteiger partial charge in [0.15, 0.2) is 29.2 Å². The molecule has 12 heteroatoms. The summed E-state index contributed by atoms with van der Waals surface area (Å²) in [6.07, 6.45) is -1.36. The SMILES string of the molecule is CC(OC(=O)c1n[nH]c(=O)c2ccccc12)C(=O)NCC(=O)Nc1ccc(F)c(F)c1F. The second kappa shape index (κ2) is 9.29. The van der Waals surface area contributed by atoms with Crippen molar-refractivity contribution in [2.45, 2.75) is 13.0 Å². The van der Waals surface area contributed by atoms with Crippen molar-refractivity contribution in [3.8, 4) is 0 Å². The molecule has 32 heavy (non-hydrogen) atoms. The Labute approximate surface area is 177 Å². The first kappa shape index (κ1) is 22.5. The molecule has 1 aromatic heterocycles. The zero-order chi connectivity index (χ0) is 23.4. The summed E-state index contributed by atoms with van der Waals surface area (Å²) < 4.78 is 44.7. The Hall–Kier alpha value is -4.22. The summed E-state index contributed by atoms with van der Waals surface area (Å²) in [5, 5.41) is 10.4. The van der Waals surface area contributed by atoms with Crippen molar-refractivity contribution in [3.05, 3.63) is 69.9 Å². The largest absolute Gasteiger partial charge is 0.448 e. The van der Waals surface area contributed by atoms with Gasteiger partial charge in [-0.25, -0.2) is 23.1 Å². The van der Waals surface area contributed by atoms with Gasteiger partial charge in [-0.2, -0.15) is 5.10 Å². The molecule has 1 unspecified atom stereocenters. The summed E-state index contributed by atoms with van der Waals surface area (Å²) in [6, 6.07) is 7.60. The minimum atomic E-state index is -1.75. The summed E-state index contributed by atoms with van der Waals surface area (Å²) in [5.74, 6) is -7.56. The van der Waals surface area contributed by atoms with Crippen LogP contribution >= 0.6 is 0 Å². The van der Waals surface area contributed by atoms with Crippen LogP contribution in [0.15, 0.2) is 41.2 Å². The molecule has 1 atom stereocenters. The van der Waals surface area contributed by atoms with Crippen molar-refractivity contribution >= 4 is 34.2 Å². The lowest BCUT2D eigenvalue weighted by atomic mass is 10.1. The number of halogens is 3. The Morgan fingerprint density at radius 3 is 2.47 bits per heavy atom. The maximum absolute atomic E-state index is 13.6. The molecule has 0 spiro atoms. The van der Waals surface area contributed by atoms with Crippen molar-refractivity contribution in [2.24, 2.45) is 0 Å². The number of nitrogens with zero attached hydrogens (tertiary/aromatic N) is 1. The van der Waals surface area contributed by atoms with Crippen LogP contribution in [0.5, 0.6) is 0 Å². The average molecular weight is 448 g/mol. The Bertz CT molecular complexity index is 1280. The van der Waals surface area contributed by atoms with Crippen LogP contribution in [0.25, 0.3) is 10.8 Å². The van der Waals surface area contributed by atoms with E-state index >= 15 is 0 Å². The highest BCUT2D eigenvalue weighted by Gasteiger charge is 2.23. The summed E-state index contributed by atoms with van der Waals surface area (Å²) in [6.45, 7) is 0.563. The fourth-order valence-electron chi connectivity index (χ4n) is 2.67. The Morgan fingerprint density at radius 1 is 1.06 bits per heavy atom. The first-order valence-corrected chi connectivity index (χ1v) is 9.08. The molecule has 3 rings (SSSR count). The molecule has 0 radical (unpaired) electrons. The Kier molecular flexibility index (Phi) is 6.52. The van der Waals surface area contributed by atoms with Crippen molar-refractivity contribution in [1.82, 2.24) is 15.5 Å². The lowest BCUT2D eigenvalue weighted by Gasteiger charge is -2.14. The number of anilines is 1. The van der Waals surface area contributed by atoms with E-state index in [4.69, 9.17) is 4.74 Å². The second-order valence-electron chi connectivity index (χ2n) is 6.48. The van der Waals surface area contributed by atoms with Crippen molar-refractivity contribution < 1.29 is 32.3 Å². The number of hydrogen-bond acceptors (Lipinski definition) is 6. The molecule has 9 nitrogen and oxygen atoms in total. The molecule has 1 heterocycles. The van der Waals surface area contributed by atoms with Crippen molar-refractivity contribution in [2.75, 3.05) is 11.9 Å². The lowest BCUT2D eigenvalue weighted by Crippen LogP contribution is -2.40. The van der Waals surface area contributed by atoms with Crippen LogP contribution in [0.3, 0.4) is 0 Å². The number of aromatic amines is 1. The number of esters is 1. The Morgan fingerprint density at radius 2 is 1.75 bits per heavy atom. The molecule has 0 aliphatic carbocycles. The molecule has 2 aromatic carbocycles. The van der Waals surface area contributed by atoms with Crippen molar-refractivity contribution in [3.63, 3.8) is 0 Å². The number of ether oxygens (including phenoxy) is 1. The molecular weight excluding hydrogens is 433 g/mol. The van der Waals surface area contributed by atoms with E-state index in [1.165, 1.54) is 19.1 Å². The van der Waals surface area contributed by atoms with E-state index in [9.17, 15) is 32.3 Å². The Balaban J connectivity index is 1.59. The third-order valence-electron chi connectivity index (χ3n) is 4.27. The van der Waals surface area contributed by atoms with Gasteiger partial charge in [0.05, 0.1) is 17.6 Å². The minimum Gasteiger partial charge on any atom is -0.448 e. The van der Waals surface area contributed by atoms with E-state index in [1.54, 1.807) is 12.1 Å². The molecule has 3 N–H and O–H groups in total. The summed E-state index contributed by atoms with van der Waals surface area (Å²) in [5.41, 5.74) is -1.34. The number of carbonyl (C=O) groups is 3. The number of nitrogens with one attached hydrogen (secondary N) is 3. The van der Waals surface area contributed by atoms with Gasteiger partial charge >= 0.3 is 5.97 Å². The number of carbonyl (C=O) groups excluding carboxylic acids is 3. The third kappa shape index (κ3) is 4.74. The van der Waals surface area contributed by atoms with Gasteiger partial charge < -0.3 is 15.4 Å². The smallest absolute Gasteiger partial charge is 0.360 e. The highest BCUT2D eigenvalue weighted by molar-refractivity contribution is 6.03. The van der Waals surface area contributed by atoms with Crippen LogP contribution in [0, 0.1) is 17.5 Å². The molecule has 0 fully saturated rings. The number of H-pyrrole nitrogens is 1. The summed E-state index contributed by atoms with van der Waals surface area (Å²) in [7, 11) is 0. The average Bonchev–Trinajstić information content (AvgIpc) is 2.78. The standard InChI is InChI=1S/C20H15F3N4O5/c1-9(32-20(31)17-10-4-2-3-5-11(10)19(30)27-26-17)18(29)24-8-14(28)25-13-7-6-12(21)15(22)16(13)23/h2-7,9H,8H2,1H3,(H,24,29)(H,25,28)(H,27,30). The second-order valence-corrected chi connectivity index (χ2v) is 6.48. The van der Waals surface area contributed by atoms with Gasteiger partial charge in [-0.05, 0) is 25.1 Å². The molecule has 0 saturated carbocycles. The number of aromatic nitrogens is 2. The van der Waals surface area contributed by atoms with E-state index in [1.807, 2.05) is 5.32 Å². The van der Waals surface area contributed by atoms with Crippen LogP contribution in [0.4, 0.5) is 18.9 Å². The lowest BCUT2D eigenvalue weighted by molar-refractivity contribution is -0.130. The van der Waals surface area contributed by atoms with Crippen LogP contribution in [-0.2, 0) is 14.3 Å². The summed E-state index contributed by atoms with van der Waals surface area (Å²) in [4.78, 5) is 48.1. The number of amides is 2. The van der Waals surface area contributed by atoms with Crippen LogP contribution < -0.4 is 16.2 Å². The molecule has 0 aliphatic rings. The fourth-order valence-corrected chi connectivity index (χ4v) is 2.67. The summed E-state index contributed by atoms with van der Waals surface area (Å²) >= 11 is 0. The highest BCUT2D eigenvalue weighted by atomic mass is 19.2. The van der Waals surface area contributed by atoms with Crippen LogP contribution in [0.1, 0.15) is 17.4 Å². The molecular formula is C20H15F3N4O5. The highest BCUT2D eigenvalue weighted by Crippen LogP contribution is 2.19. The normalized spacial score (nSPS) is 11.6. The monoisotopic (exact) mass is 448 g/mol. The maximum Gasteiger partial charge on any atom is 0.360 e. The van der Waals surface area contributed by atoms with E-state index in [0.717, 1.165) is 6.07 Å². The maximum atomic E-state index is 13.6. The van der Waals surface area contributed by atoms with Gasteiger partial charge in [0.1, 0.15) is 0 Å². The molecule has 3 aromatic rings. The predicted molar refractivity (Wildman–Crippen MR) is 105 cm³/mol. The van der Waals surface area contributed by atoms with Gasteiger partial charge in [0.25, 0.3) is 11.5 Å². The van der Waals surface area contributed by atoms with Gasteiger partial charge in [0, 0.05) is 5.39 Å². The number of hydrogen-bond donors (Lipinski definition) is 3. The van der Waals surface area contributed by atoms with E-state index in [2.05, 4.69) is 15.5 Å². The minimum absolute atomic E-state index is 0.202. The van der Waals surface area contributed by atoms with E-state index in [0.29, 0.717) is 6.07 Å².